The van der Waals surface area contributed by atoms with Crippen LogP contribution in [0.5, 0.6) is 0 Å². The summed E-state index contributed by atoms with van der Waals surface area (Å²) in [5.41, 5.74) is 1.61. The quantitative estimate of drug-likeness (QED) is 0.735. The molecule has 1 aliphatic rings. The van der Waals surface area contributed by atoms with Crippen molar-refractivity contribution in [1.82, 2.24) is 9.88 Å². The molecule has 2 aromatic rings. The predicted octanol–water partition coefficient (Wildman–Crippen LogP) is 2.60. The van der Waals surface area contributed by atoms with Crippen LogP contribution in [0.25, 0.3) is 15.1 Å². The third-order valence-electron chi connectivity index (χ3n) is 3.26. The van der Waals surface area contributed by atoms with Crippen molar-refractivity contribution in [2.45, 2.75) is 0 Å². The molecule has 3 rings (SSSR count). The molecule has 5 heteroatoms. The van der Waals surface area contributed by atoms with Gasteiger partial charge in [0.2, 0.25) is 0 Å². The van der Waals surface area contributed by atoms with Gasteiger partial charge in [0, 0.05) is 26.2 Å². The zero-order chi connectivity index (χ0) is 12.5. The molecule has 0 atom stereocenters. The Morgan fingerprint density at radius 1 is 1.28 bits per heavy atom. The monoisotopic (exact) mass is 258 g/mol. The van der Waals surface area contributed by atoms with Crippen molar-refractivity contribution in [3.8, 4) is 0 Å². The van der Waals surface area contributed by atoms with Crippen LogP contribution in [0.4, 0.5) is 10.8 Å². The fourth-order valence-electron chi connectivity index (χ4n) is 2.11. The lowest BCUT2D eigenvalue weighted by molar-refractivity contribution is 0.313. The Bertz CT molecular complexity index is 605. The molecule has 2 heterocycles. The maximum absolute atomic E-state index is 7.03. The molecule has 18 heavy (non-hydrogen) atoms. The highest BCUT2D eigenvalue weighted by Crippen LogP contribution is 2.31. The summed E-state index contributed by atoms with van der Waals surface area (Å²) in [5, 5.41) is 1.08. The lowest BCUT2D eigenvalue weighted by atomic mass is 10.3. The van der Waals surface area contributed by atoms with Crippen LogP contribution in [0.2, 0.25) is 0 Å². The van der Waals surface area contributed by atoms with E-state index in [2.05, 4.69) is 26.7 Å². The average Bonchev–Trinajstić information content (AvgIpc) is 2.82. The Morgan fingerprint density at radius 2 is 2.06 bits per heavy atom. The summed E-state index contributed by atoms with van der Waals surface area (Å²) in [5.74, 6) is 0. The van der Waals surface area contributed by atoms with Gasteiger partial charge in [-0.25, -0.2) is 9.83 Å². The minimum absolute atomic E-state index is 0.665. The summed E-state index contributed by atoms with van der Waals surface area (Å²) in [6.07, 6.45) is 0. The third kappa shape index (κ3) is 2.05. The average molecular weight is 258 g/mol. The Morgan fingerprint density at radius 3 is 2.78 bits per heavy atom. The maximum atomic E-state index is 7.03. The first kappa shape index (κ1) is 11.5. The predicted molar refractivity (Wildman–Crippen MR) is 75.6 cm³/mol. The largest absolute Gasteiger partial charge is 0.345 e. The van der Waals surface area contributed by atoms with E-state index < -0.39 is 0 Å². The number of anilines is 1. The van der Waals surface area contributed by atoms with E-state index in [4.69, 9.17) is 6.57 Å². The number of rotatable bonds is 1. The maximum Gasteiger partial charge on any atom is 0.189 e. The molecule has 1 aromatic carbocycles. The molecule has 1 saturated heterocycles. The Labute approximate surface area is 110 Å². The van der Waals surface area contributed by atoms with Gasteiger partial charge in [0.25, 0.3) is 0 Å². The van der Waals surface area contributed by atoms with Crippen molar-refractivity contribution in [2.75, 3.05) is 38.1 Å². The van der Waals surface area contributed by atoms with Crippen LogP contribution in [-0.4, -0.2) is 43.1 Å². The standard InChI is InChI=1S/C13H14N4S/c1-14-10-3-4-12-11(9-10)15-13(18-12)17-7-5-16(2)6-8-17/h3-4,9H,5-8H2,2H3. The third-order valence-corrected chi connectivity index (χ3v) is 4.36. The summed E-state index contributed by atoms with van der Waals surface area (Å²) in [6, 6.07) is 5.74. The Balaban J connectivity index is 1.91. The van der Waals surface area contributed by atoms with Crippen LogP contribution >= 0.6 is 11.3 Å². The topological polar surface area (TPSA) is 23.7 Å². The molecule has 4 nitrogen and oxygen atoms in total. The van der Waals surface area contributed by atoms with Crippen molar-refractivity contribution in [3.63, 3.8) is 0 Å². The molecular weight excluding hydrogens is 244 g/mol. The summed E-state index contributed by atoms with van der Waals surface area (Å²) in [7, 11) is 2.15. The summed E-state index contributed by atoms with van der Waals surface area (Å²) < 4.78 is 1.16. The first-order chi connectivity index (χ1) is 8.76. The fraction of sp³-hybridized carbons (Fsp3) is 0.385. The molecule has 0 N–H and O–H groups in total. The van der Waals surface area contributed by atoms with Crippen LogP contribution in [0.3, 0.4) is 0 Å². The highest BCUT2D eigenvalue weighted by Gasteiger charge is 2.17. The van der Waals surface area contributed by atoms with E-state index in [1.807, 2.05) is 18.2 Å². The van der Waals surface area contributed by atoms with Crippen LogP contribution in [0.15, 0.2) is 18.2 Å². The molecule has 1 aromatic heterocycles. The van der Waals surface area contributed by atoms with Crippen molar-refractivity contribution < 1.29 is 0 Å². The number of likely N-dealkylation sites (N-methyl/N-ethyl adjacent to an activating group) is 1. The zero-order valence-electron chi connectivity index (χ0n) is 10.3. The number of thiazole rings is 1. The molecule has 0 radical (unpaired) electrons. The van der Waals surface area contributed by atoms with E-state index in [-0.39, 0.29) is 0 Å². The van der Waals surface area contributed by atoms with E-state index in [1.54, 1.807) is 11.3 Å². The minimum atomic E-state index is 0.665. The number of hydrogen-bond acceptors (Lipinski definition) is 4. The minimum Gasteiger partial charge on any atom is -0.345 e. The second-order valence-electron chi connectivity index (χ2n) is 4.55. The number of piperazine rings is 1. The highest BCUT2D eigenvalue weighted by molar-refractivity contribution is 7.22. The molecule has 0 unspecified atom stereocenters. The van der Waals surface area contributed by atoms with Gasteiger partial charge in [-0.2, -0.15) is 0 Å². The van der Waals surface area contributed by atoms with Gasteiger partial charge in [-0.1, -0.05) is 23.5 Å². The van der Waals surface area contributed by atoms with Crippen molar-refractivity contribution in [2.24, 2.45) is 0 Å². The van der Waals surface area contributed by atoms with E-state index in [9.17, 15) is 0 Å². The molecular formula is C13H14N4S. The summed E-state index contributed by atoms with van der Waals surface area (Å²) in [6.45, 7) is 11.3. The molecule has 1 fully saturated rings. The van der Waals surface area contributed by atoms with Gasteiger partial charge in [0.15, 0.2) is 10.8 Å². The lowest BCUT2D eigenvalue weighted by Gasteiger charge is -2.32. The lowest BCUT2D eigenvalue weighted by Crippen LogP contribution is -2.44. The second-order valence-corrected chi connectivity index (χ2v) is 5.56. The van der Waals surface area contributed by atoms with Crippen molar-refractivity contribution in [3.05, 3.63) is 29.6 Å². The van der Waals surface area contributed by atoms with Gasteiger partial charge >= 0.3 is 0 Å². The van der Waals surface area contributed by atoms with Gasteiger partial charge in [-0.05, 0) is 13.1 Å². The van der Waals surface area contributed by atoms with E-state index in [1.165, 1.54) is 0 Å². The molecule has 0 bridgehead atoms. The van der Waals surface area contributed by atoms with Gasteiger partial charge < -0.3 is 9.80 Å². The Kier molecular flexibility index (Phi) is 2.90. The van der Waals surface area contributed by atoms with Crippen molar-refractivity contribution >= 4 is 32.4 Å². The second kappa shape index (κ2) is 4.56. The SMILES string of the molecule is [C-]#[N+]c1ccc2sc(N3CCN(C)CC3)nc2c1. The van der Waals surface area contributed by atoms with E-state index >= 15 is 0 Å². The summed E-state index contributed by atoms with van der Waals surface area (Å²) in [4.78, 5) is 12.8. The molecule has 92 valence electrons. The van der Waals surface area contributed by atoms with Gasteiger partial charge in [0.05, 0.1) is 16.8 Å². The Hall–Kier alpha value is -1.64. The van der Waals surface area contributed by atoms with Crippen LogP contribution in [0, 0.1) is 6.57 Å². The molecule has 0 spiro atoms. The van der Waals surface area contributed by atoms with E-state index in [0.29, 0.717) is 5.69 Å². The molecule has 0 saturated carbocycles. The number of hydrogen-bond donors (Lipinski definition) is 0. The first-order valence-corrected chi connectivity index (χ1v) is 6.79. The van der Waals surface area contributed by atoms with Gasteiger partial charge in [-0.3, -0.25) is 0 Å². The van der Waals surface area contributed by atoms with E-state index in [0.717, 1.165) is 41.5 Å². The number of fused-ring (bicyclic) bond motifs is 1. The molecule has 0 amide bonds. The van der Waals surface area contributed by atoms with Crippen LogP contribution in [0.1, 0.15) is 0 Å². The van der Waals surface area contributed by atoms with Crippen LogP contribution < -0.4 is 4.90 Å². The molecule has 0 aliphatic carbocycles. The smallest absolute Gasteiger partial charge is 0.189 e. The number of nitrogens with zero attached hydrogens (tertiary/aromatic N) is 4. The highest BCUT2D eigenvalue weighted by atomic mass is 32.1. The number of benzene rings is 1. The zero-order valence-corrected chi connectivity index (χ0v) is 11.1. The van der Waals surface area contributed by atoms with Gasteiger partial charge in [0.1, 0.15) is 0 Å². The fourth-order valence-corrected chi connectivity index (χ4v) is 3.10. The molecule has 1 aliphatic heterocycles. The van der Waals surface area contributed by atoms with Crippen molar-refractivity contribution in [1.29, 1.82) is 0 Å². The normalized spacial score (nSPS) is 17.0. The number of aromatic nitrogens is 1. The first-order valence-electron chi connectivity index (χ1n) is 5.98. The van der Waals surface area contributed by atoms with Gasteiger partial charge in [-0.15, -0.1) is 0 Å². The summed E-state index contributed by atoms with van der Waals surface area (Å²) >= 11 is 1.72. The van der Waals surface area contributed by atoms with Crippen LogP contribution in [-0.2, 0) is 0 Å².